The van der Waals surface area contributed by atoms with Crippen LogP contribution in [0.25, 0.3) is 5.95 Å². The molecule has 0 aliphatic rings. The number of H-pyrrole nitrogens is 1. The fourth-order valence-electron chi connectivity index (χ4n) is 4.87. The van der Waals surface area contributed by atoms with E-state index >= 15 is 0 Å². The fraction of sp³-hybridized carbons (Fsp3) is 0.760. The minimum absolute atomic E-state index is 0.0481. The summed E-state index contributed by atoms with van der Waals surface area (Å²) in [5, 5.41) is 28.4. The van der Waals surface area contributed by atoms with E-state index in [9.17, 15) is 10.2 Å². The number of aromatic amines is 1. The van der Waals surface area contributed by atoms with Crippen LogP contribution in [0.1, 0.15) is 94.6 Å². The predicted octanol–water partition coefficient (Wildman–Crippen LogP) is 5.52. The summed E-state index contributed by atoms with van der Waals surface area (Å²) < 4.78 is 1.29. The number of hydrogen-bond donors (Lipinski definition) is 4. The third-order valence-electron chi connectivity index (χ3n) is 8.16. The number of nitrogens with two attached hydrogens (primary N) is 1. The molecule has 7 nitrogen and oxygen atoms in total. The molecule has 2 aromatic rings. The van der Waals surface area contributed by atoms with E-state index in [4.69, 9.17) is 5.73 Å². The molecule has 3 atom stereocenters. The van der Waals surface area contributed by atoms with Crippen molar-refractivity contribution in [3.63, 3.8) is 0 Å². The summed E-state index contributed by atoms with van der Waals surface area (Å²) in [6, 6.07) is 1.63. The topological polar surface area (TPSA) is 113 Å². The third kappa shape index (κ3) is 4.68. The Morgan fingerprint density at radius 1 is 1.03 bits per heavy atom. The third-order valence-corrected chi connectivity index (χ3v) is 8.16. The van der Waals surface area contributed by atoms with Gasteiger partial charge < -0.3 is 15.9 Å². The largest absolute Gasteiger partial charge is 0.494 e. The van der Waals surface area contributed by atoms with Gasteiger partial charge in [-0.2, -0.15) is 10.1 Å². The molecule has 0 amide bonds. The zero-order valence-electron chi connectivity index (χ0n) is 22.0. The lowest BCUT2D eigenvalue weighted by atomic mass is 9.53. The summed E-state index contributed by atoms with van der Waals surface area (Å²) >= 11 is 0. The summed E-state index contributed by atoms with van der Waals surface area (Å²) in [5.41, 5.74) is 6.49. The standard InChI is InChI=1S/C25H45N5O2/c1-16(13-21(2,3)4)23(8,9)25(11,26)14-24(10,22(5,6)7)17-12-18(31)30(19(17)32)20-27-15-28-29-20/h12,15-16,31-32H,13-14,26H2,1-11H3,(H,27,28,29). The van der Waals surface area contributed by atoms with Gasteiger partial charge in [0.15, 0.2) is 0 Å². The molecule has 3 unspecified atom stereocenters. The Morgan fingerprint density at radius 2 is 1.59 bits per heavy atom. The van der Waals surface area contributed by atoms with Crippen molar-refractivity contribution < 1.29 is 10.2 Å². The van der Waals surface area contributed by atoms with Crippen molar-refractivity contribution in [3.05, 3.63) is 18.0 Å². The van der Waals surface area contributed by atoms with E-state index in [2.05, 4.69) is 91.3 Å². The maximum atomic E-state index is 11.2. The van der Waals surface area contributed by atoms with Crippen LogP contribution in [0.2, 0.25) is 0 Å². The molecule has 0 spiro atoms. The Morgan fingerprint density at radius 3 is 2.03 bits per heavy atom. The van der Waals surface area contributed by atoms with Gasteiger partial charge in [0.1, 0.15) is 6.33 Å². The van der Waals surface area contributed by atoms with Crippen LogP contribution in [-0.4, -0.2) is 35.5 Å². The SMILES string of the molecule is CC(CC(C)(C)C)C(C)(C)C(C)(N)CC(C)(c1cc(O)n(-c2ncn[nH]2)c1O)C(C)(C)C. The molecular formula is C25H45N5O2. The Bertz CT molecular complexity index is 914. The maximum Gasteiger partial charge on any atom is 0.235 e. The number of rotatable bonds is 7. The fourth-order valence-corrected chi connectivity index (χ4v) is 4.87. The normalized spacial score (nSPS) is 18.2. The van der Waals surface area contributed by atoms with Crippen LogP contribution in [0.15, 0.2) is 12.4 Å². The lowest BCUT2D eigenvalue weighted by Gasteiger charge is -2.53. The van der Waals surface area contributed by atoms with Crippen LogP contribution >= 0.6 is 0 Å². The average molecular weight is 448 g/mol. The molecule has 7 heteroatoms. The molecule has 0 bridgehead atoms. The molecule has 0 fully saturated rings. The van der Waals surface area contributed by atoms with Crippen molar-refractivity contribution in [1.29, 1.82) is 0 Å². The second-order valence-electron chi connectivity index (χ2n) is 12.9. The van der Waals surface area contributed by atoms with Crippen LogP contribution < -0.4 is 5.73 Å². The highest BCUT2D eigenvalue weighted by Crippen LogP contribution is 2.55. The first-order chi connectivity index (χ1) is 14.2. The monoisotopic (exact) mass is 447 g/mol. The average Bonchev–Trinajstić information content (AvgIpc) is 3.19. The van der Waals surface area contributed by atoms with E-state index in [1.54, 1.807) is 6.07 Å². The van der Waals surface area contributed by atoms with Crippen molar-refractivity contribution in [3.8, 4) is 17.7 Å². The van der Waals surface area contributed by atoms with Gasteiger partial charge in [0, 0.05) is 22.6 Å². The van der Waals surface area contributed by atoms with Gasteiger partial charge in [-0.05, 0) is 41.9 Å². The Labute approximate surface area is 193 Å². The van der Waals surface area contributed by atoms with Crippen LogP contribution in [0.4, 0.5) is 0 Å². The van der Waals surface area contributed by atoms with Crippen molar-refractivity contribution in [2.75, 3.05) is 0 Å². The van der Waals surface area contributed by atoms with E-state index in [0.717, 1.165) is 6.42 Å². The number of aromatic hydroxyl groups is 2. The second-order valence-corrected chi connectivity index (χ2v) is 12.9. The Balaban J connectivity index is 2.57. The van der Waals surface area contributed by atoms with Gasteiger partial charge in [0.05, 0.1) is 0 Å². The maximum absolute atomic E-state index is 11.2. The number of nitrogens with one attached hydrogen (secondary N) is 1. The molecule has 2 aromatic heterocycles. The van der Waals surface area contributed by atoms with E-state index in [0.29, 0.717) is 17.9 Å². The molecule has 2 rings (SSSR count). The highest BCUT2D eigenvalue weighted by Gasteiger charge is 2.51. The van der Waals surface area contributed by atoms with Gasteiger partial charge in [-0.1, -0.05) is 69.2 Å². The molecule has 0 saturated heterocycles. The van der Waals surface area contributed by atoms with E-state index in [-0.39, 0.29) is 34.0 Å². The molecule has 32 heavy (non-hydrogen) atoms. The van der Waals surface area contributed by atoms with Gasteiger partial charge in [-0.15, -0.1) is 0 Å². The minimum Gasteiger partial charge on any atom is -0.494 e. The van der Waals surface area contributed by atoms with Gasteiger partial charge in [-0.3, -0.25) is 0 Å². The van der Waals surface area contributed by atoms with E-state index < -0.39 is 11.0 Å². The molecule has 0 aliphatic heterocycles. The van der Waals surface area contributed by atoms with Crippen LogP contribution in [0.3, 0.4) is 0 Å². The first kappa shape index (κ1) is 26.2. The van der Waals surface area contributed by atoms with Crippen LogP contribution in [0.5, 0.6) is 11.8 Å². The Hall–Kier alpha value is -2.02. The lowest BCUT2D eigenvalue weighted by molar-refractivity contribution is 0.0326. The lowest BCUT2D eigenvalue weighted by Crippen LogP contribution is -2.58. The minimum atomic E-state index is -0.546. The van der Waals surface area contributed by atoms with Crippen LogP contribution in [-0.2, 0) is 5.41 Å². The first-order valence-corrected chi connectivity index (χ1v) is 11.5. The quantitative estimate of drug-likeness (QED) is 0.446. The summed E-state index contributed by atoms with van der Waals surface area (Å²) in [6.07, 6.45) is 3.03. The van der Waals surface area contributed by atoms with Crippen molar-refractivity contribution in [2.24, 2.45) is 27.9 Å². The van der Waals surface area contributed by atoms with Crippen LogP contribution in [0, 0.1) is 22.2 Å². The van der Waals surface area contributed by atoms with E-state index in [1.807, 2.05) is 0 Å². The number of aromatic nitrogens is 4. The molecular weight excluding hydrogens is 402 g/mol. The predicted molar refractivity (Wildman–Crippen MR) is 130 cm³/mol. The zero-order chi connectivity index (χ0) is 24.9. The molecule has 0 radical (unpaired) electrons. The molecule has 182 valence electrons. The zero-order valence-corrected chi connectivity index (χ0v) is 22.0. The van der Waals surface area contributed by atoms with Crippen molar-refractivity contribution >= 4 is 0 Å². The second kappa shape index (κ2) is 8.08. The summed E-state index contributed by atoms with van der Waals surface area (Å²) in [6.45, 7) is 24.3. The highest BCUT2D eigenvalue weighted by molar-refractivity contribution is 5.46. The number of hydrogen-bond acceptors (Lipinski definition) is 5. The van der Waals surface area contributed by atoms with Gasteiger partial charge in [-0.25, -0.2) is 9.67 Å². The first-order valence-electron chi connectivity index (χ1n) is 11.5. The summed E-state index contributed by atoms with van der Waals surface area (Å²) in [7, 11) is 0. The van der Waals surface area contributed by atoms with E-state index in [1.165, 1.54) is 10.9 Å². The molecule has 0 aromatic carbocycles. The summed E-state index contributed by atoms with van der Waals surface area (Å²) in [4.78, 5) is 4.09. The smallest absolute Gasteiger partial charge is 0.235 e. The molecule has 0 aliphatic carbocycles. The van der Waals surface area contributed by atoms with Gasteiger partial charge in [0.2, 0.25) is 17.7 Å². The molecule has 5 N–H and O–H groups in total. The van der Waals surface area contributed by atoms with Gasteiger partial charge in [0.25, 0.3) is 0 Å². The highest BCUT2D eigenvalue weighted by atomic mass is 16.3. The summed E-state index contributed by atoms with van der Waals surface area (Å²) in [5.74, 6) is 0.511. The molecule has 2 heterocycles. The van der Waals surface area contributed by atoms with Crippen molar-refractivity contribution in [2.45, 2.75) is 100.0 Å². The number of nitrogens with zero attached hydrogens (tertiary/aromatic N) is 3. The van der Waals surface area contributed by atoms with Crippen molar-refractivity contribution in [1.82, 2.24) is 19.7 Å². The Kier molecular flexibility index (Phi) is 6.63. The molecule has 0 saturated carbocycles. The van der Waals surface area contributed by atoms with Gasteiger partial charge >= 0.3 is 0 Å².